The quantitative estimate of drug-likeness (QED) is 0.270. The standard InChI is InChI=1S/C23H18N4O2S3/c1-13-7-8-15(11-14(13)2)27-21(29)20-17(9-10-30-20)25-23(27)31-12-19(28)26-22-24-16-5-3-4-6-18(16)32-22/h3-11H,12H2,1-2H3,(H,24,26,28). The van der Waals surface area contributed by atoms with Crippen LogP contribution in [0.25, 0.3) is 26.1 Å². The first kappa shape index (κ1) is 20.9. The predicted octanol–water partition coefficient (Wildman–Crippen LogP) is 5.40. The van der Waals surface area contributed by atoms with Gasteiger partial charge in [0.05, 0.1) is 27.2 Å². The van der Waals surface area contributed by atoms with Crippen LogP contribution in [-0.4, -0.2) is 26.2 Å². The molecule has 2 aromatic carbocycles. The fraction of sp³-hybridized carbons (Fsp3) is 0.130. The van der Waals surface area contributed by atoms with Gasteiger partial charge in [-0.2, -0.15) is 0 Å². The minimum atomic E-state index is -0.194. The van der Waals surface area contributed by atoms with E-state index in [1.54, 1.807) is 4.57 Å². The molecule has 3 heterocycles. The van der Waals surface area contributed by atoms with Crippen LogP contribution in [0.4, 0.5) is 5.13 Å². The van der Waals surface area contributed by atoms with E-state index in [9.17, 15) is 9.59 Å². The van der Waals surface area contributed by atoms with Crippen molar-refractivity contribution in [2.45, 2.75) is 19.0 Å². The van der Waals surface area contributed by atoms with Crippen LogP contribution in [0.15, 0.2) is 63.9 Å². The Morgan fingerprint density at radius 1 is 1.06 bits per heavy atom. The zero-order valence-electron chi connectivity index (χ0n) is 17.3. The number of para-hydroxylation sites is 1. The molecule has 5 aromatic rings. The Morgan fingerprint density at radius 3 is 2.72 bits per heavy atom. The number of hydrogen-bond donors (Lipinski definition) is 1. The number of thiophene rings is 1. The van der Waals surface area contributed by atoms with Crippen LogP contribution in [0.2, 0.25) is 0 Å². The third-order valence-electron chi connectivity index (χ3n) is 5.07. The molecule has 0 saturated heterocycles. The van der Waals surface area contributed by atoms with Gasteiger partial charge in [0.2, 0.25) is 5.91 Å². The highest BCUT2D eigenvalue weighted by Gasteiger charge is 2.17. The first-order valence-corrected chi connectivity index (χ1v) is 12.5. The Kier molecular flexibility index (Phi) is 5.54. The minimum Gasteiger partial charge on any atom is -0.301 e. The number of thioether (sulfide) groups is 1. The van der Waals surface area contributed by atoms with E-state index in [0.717, 1.165) is 27.0 Å². The Labute approximate surface area is 196 Å². The number of thiazole rings is 1. The summed E-state index contributed by atoms with van der Waals surface area (Å²) in [5.41, 5.74) is 4.36. The second kappa shape index (κ2) is 8.50. The first-order chi connectivity index (χ1) is 15.5. The van der Waals surface area contributed by atoms with Crippen LogP contribution >= 0.6 is 34.4 Å². The lowest BCUT2D eigenvalue weighted by Gasteiger charge is -2.13. The maximum Gasteiger partial charge on any atom is 0.276 e. The maximum atomic E-state index is 13.3. The summed E-state index contributed by atoms with van der Waals surface area (Å²) in [6.45, 7) is 4.05. The van der Waals surface area contributed by atoms with Crippen LogP contribution in [-0.2, 0) is 4.79 Å². The van der Waals surface area contributed by atoms with Gasteiger partial charge in [0.1, 0.15) is 4.70 Å². The van der Waals surface area contributed by atoms with Gasteiger partial charge < -0.3 is 5.32 Å². The third-order valence-corrected chi connectivity index (χ3v) is 7.85. The lowest BCUT2D eigenvalue weighted by molar-refractivity contribution is -0.113. The van der Waals surface area contributed by atoms with Crippen molar-refractivity contribution in [3.8, 4) is 5.69 Å². The Balaban J connectivity index is 1.44. The van der Waals surface area contributed by atoms with Gasteiger partial charge in [-0.3, -0.25) is 14.2 Å². The summed E-state index contributed by atoms with van der Waals surface area (Å²) in [6, 6.07) is 15.5. The summed E-state index contributed by atoms with van der Waals surface area (Å²) in [6.07, 6.45) is 0. The van der Waals surface area contributed by atoms with Crippen molar-refractivity contribution >= 4 is 65.9 Å². The largest absolute Gasteiger partial charge is 0.301 e. The van der Waals surface area contributed by atoms with Crippen molar-refractivity contribution in [2.24, 2.45) is 0 Å². The van der Waals surface area contributed by atoms with Gasteiger partial charge in [-0.25, -0.2) is 9.97 Å². The predicted molar refractivity (Wildman–Crippen MR) is 134 cm³/mol. The molecule has 1 amide bonds. The lowest BCUT2D eigenvalue weighted by atomic mass is 10.1. The van der Waals surface area contributed by atoms with Gasteiger partial charge in [-0.15, -0.1) is 11.3 Å². The number of nitrogens with zero attached hydrogens (tertiary/aromatic N) is 3. The molecule has 0 aliphatic heterocycles. The summed E-state index contributed by atoms with van der Waals surface area (Å²) in [7, 11) is 0. The summed E-state index contributed by atoms with van der Waals surface area (Å²) in [5, 5.41) is 5.77. The van der Waals surface area contributed by atoms with Gasteiger partial charge in [0, 0.05) is 0 Å². The molecule has 3 aromatic heterocycles. The molecular weight excluding hydrogens is 460 g/mol. The van der Waals surface area contributed by atoms with Gasteiger partial charge >= 0.3 is 0 Å². The van der Waals surface area contributed by atoms with E-state index >= 15 is 0 Å². The highest BCUT2D eigenvalue weighted by molar-refractivity contribution is 7.99. The van der Waals surface area contributed by atoms with E-state index in [-0.39, 0.29) is 17.2 Å². The molecule has 9 heteroatoms. The number of fused-ring (bicyclic) bond motifs is 2. The number of nitrogens with one attached hydrogen (secondary N) is 1. The number of aryl methyl sites for hydroxylation is 2. The maximum absolute atomic E-state index is 13.3. The van der Waals surface area contributed by atoms with Gasteiger partial charge in [0.15, 0.2) is 10.3 Å². The highest BCUT2D eigenvalue weighted by atomic mass is 32.2. The van der Waals surface area contributed by atoms with Crippen LogP contribution < -0.4 is 10.9 Å². The Hall–Kier alpha value is -3.01. The monoisotopic (exact) mass is 478 g/mol. The van der Waals surface area contributed by atoms with E-state index in [1.165, 1.54) is 34.4 Å². The van der Waals surface area contributed by atoms with Crippen molar-refractivity contribution in [1.82, 2.24) is 14.5 Å². The SMILES string of the molecule is Cc1ccc(-n2c(SCC(=O)Nc3nc4ccccc4s3)nc3ccsc3c2=O)cc1C. The van der Waals surface area contributed by atoms with Crippen molar-refractivity contribution in [3.63, 3.8) is 0 Å². The zero-order chi connectivity index (χ0) is 22.2. The molecule has 0 radical (unpaired) electrons. The van der Waals surface area contributed by atoms with Crippen LogP contribution in [0.1, 0.15) is 11.1 Å². The normalized spacial score (nSPS) is 11.3. The zero-order valence-corrected chi connectivity index (χ0v) is 19.7. The van der Waals surface area contributed by atoms with E-state index in [0.29, 0.717) is 20.5 Å². The molecular formula is C23H18N4O2S3. The van der Waals surface area contributed by atoms with Crippen molar-refractivity contribution < 1.29 is 4.79 Å². The molecule has 0 spiro atoms. The fourth-order valence-electron chi connectivity index (χ4n) is 3.29. The van der Waals surface area contributed by atoms with E-state index < -0.39 is 0 Å². The van der Waals surface area contributed by atoms with Crippen molar-refractivity contribution in [1.29, 1.82) is 0 Å². The molecule has 5 rings (SSSR count). The van der Waals surface area contributed by atoms with Gasteiger partial charge in [-0.05, 0) is 60.7 Å². The lowest BCUT2D eigenvalue weighted by Crippen LogP contribution is -2.22. The molecule has 0 fully saturated rings. The third kappa shape index (κ3) is 3.94. The number of carbonyl (C=O) groups is 1. The number of rotatable bonds is 5. The summed E-state index contributed by atoms with van der Waals surface area (Å²) < 4.78 is 3.22. The molecule has 1 N–H and O–H groups in total. The average molecular weight is 479 g/mol. The van der Waals surface area contributed by atoms with Crippen molar-refractivity contribution in [3.05, 3.63) is 75.4 Å². The van der Waals surface area contributed by atoms with E-state index in [2.05, 4.69) is 15.3 Å². The minimum absolute atomic E-state index is 0.114. The Bertz CT molecular complexity index is 1500. The topological polar surface area (TPSA) is 76.9 Å². The molecule has 6 nitrogen and oxygen atoms in total. The summed E-state index contributed by atoms with van der Waals surface area (Å²) >= 11 is 4.05. The van der Waals surface area contributed by atoms with Crippen molar-refractivity contribution in [2.75, 3.05) is 11.1 Å². The van der Waals surface area contributed by atoms with Crippen LogP contribution in [0.5, 0.6) is 0 Å². The van der Waals surface area contributed by atoms with Gasteiger partial charge in [0.25, 0.3) is 5.56 Å². The van der Waals surface area contributed by atoms with Crippen LogP contribution in [0, 0.1) is 13.8 Å². The molecule has 0 saturated carbocycles. The van der Waals surface area contributed by atoms with E-state index in [4.69, 9.17) is 0 Å². The van der Waals surface area contributed by atoms with Crippen LogP contribution in [0.3, 0.4) is 0 Å². The molecule has 0 unspecified atom stereocenters. The molecule has 0 aliphatic carbocycles. The Morgan fingerprint density at radius 2 is 1.91 bits per heavy atom. The molecule has 32 heavy (non-hydrogen) atoms. The molecule has 0 bridgehead atoms. The number of carbonyl (C=O) groups excluding carboxylic acids is 1. The number of amides is 1. The number of benzene rings is 2. The highest BCUT2D eigenvalue weighted by Crippen LogP contribution is 2.27. The number of anilines is 1. The number of aromatic nitrogens is 3. The summed E-state index contributed by atoms with van der Waals surface area (Å²) in [5.74, 6) is -0.0802. The second-order valence-electron chi connectivity index (χ2n) is 7.26. The van der Waals surface area contributed by atoms with E-state index in [1.807, 2.05) is 67.8 Å². The summed E-state index contributed by atoms with van der Waals surface area (Å²) in [4.78, 5) is 35.0. The molecule has 0 aliphatic rings. The molecule has 0 atom stereocenters. The van der Waals surface area contributed by atoms with Gasteiger partial charge in [-0.1, -0.05) is 41.3 Å². The average Bonchev–Trinajstić information content (AvgIpc) is 3.41. The smallest absolute Gasteiger partial charge is 0.276 e. The number of hydrogen-bond acceptors (Lipinski definition) is 7. The second-order valence-corrected chi connectivity index (χ2v) is 10.2. The first-order valence-electron chi connectivity index (χ1n) is 9.86. The molecule has 160 valence electrons. The fourth-order valence-corrected chi connectivity index (χ4v) is 5.75.